The van der Waals surface area contributed by atoms with Gasteiger partial charge in [0.05, 0.1) is 6.04 Å². The molecule has 0 saturated carbocycles. The summed E-state index contributed by atoms with van der Waals surface area (Å²) in [6, 6.07) is 9.67. The summed E-state index contributed by atoms with van der Waals surface area (Å²) in [5, 5.41) is 35.9. The van der Waals surface area contributed by atoms with E-state index in [4.69, 9.17) is 10.8 Å². The van der Waals surface area contributed by atoms with Crippen LogP contribution in [-0.2, 0) is 36.8 Å². The van der Waals surface area contributed by atoms with Gasteiger partial charge in [-0.3, -0.25) is 19.2 Å². The van der Waals surface area contributed by atoms with Crippen LogP contribution < -0.4 is 21.7 Å². The molecule has 0 radical (unpaired) electrons. The predicted octanol–water partition coefficient (Wildman–Crippen LogP) is 0.565. The normalized spacial score (nSPS) is 13.9. The van der Waals surface area contributed by atoms with E-state index in [0.29, 0.717) is 11.1 Å². The fourth-order valence-corrected chi connectivity index (χ4v) is 3.78. The minimum absolute atomic E-state index is 0.00776. The molecule has 2 rings (SSSR count). The van der Waals surface area contributed by atoms with Gasteiger partial charge in [0, 0.05) is 19.3 Å². The molecule has 0 spiro atoms. The van der Waals surface area contributed by atoms with Crippen molar-refractivity contribution < 1.29 is 39.3 Å². The van der Waals surface area contributed by atoms with E-state index in [1.165, 1.54) is 24.3 Å². The monoisotopic (exact) mass is 556 g/mol. The first-order valence-corrected chi connectivity index (χ1v) is 12.8. The molecule has 0 aromatic heterocycles. The van der Waals surface area contributed by atoms with Crippen molar-refractivity contribution in [3.8, 4) is 5.75 Å². The van der Waals surface area contributed by atoms with Crippen LogP contribution in [0.1, 0.15) is 37.8 Å². The van der Waals surface area contributed by atoms with Crippen molar-refractivity contribution in [1.82, 2.24) is 16.0 Å². The summed E-state index contributed by atoms with van der Waals surface area (Å²) in [6.45, 7) is 3.42. The van der Waals surface area contributed by atoms with Crippen LogP contribution in [0.5, 0.6) is 5.75 Å². The highest BCUT2D eigenvalue weighted by molar-refractivity contribution is 5.94. The number of hydrogen-bond acceptors (Lipinski definition) is 7. The van der Waals surface area contributed by atoms with Gasteiger partial charge in [0.15, 0.2) is 0 Å². The number of amides is 3. The average Bonchev–Trinajstić information content (AvgIpc) is 2.91. The molecule has 0 fully saturated rings. The molecule has 4 atom stereocenters. The number of nitrogens with one attached hydrogen (secondary N) is 3. The van der Waals surface area contributed by atoms with Gasteiger partial charge in [-0.15, -0.1) is 0 Å². The number of carbonyl (C=O) groups excluding carboxylic acids is 3. The lowest BCUT2D eigenvalue weighted by atomic mass is 10.0. The number of carboxylic acid groups (broad SMARTS) is 2. The molecular formula is C28H36N4O8. The highest BCUT2D eigenvalue weighted by Gasteiger charge is 2.31. The maximum Gasteiger partial charge on any atom is 0.326 e. The minimum atomic E-state index is -1.32. The lowest BCUT2D eigenvalue weighted by Crippen LogP contribution is -2.58. The molecule has 0 aliphatic rings. The number of carbonyl (C=O) groups is 5. The topological polar surface area (TPSA) is 208 Å². The minimum Gasteiger partial charge on any atom is -0.508 e. The summed E-state index contributed by atoms with van der Waals surface area (Å²) >= 11 is 0. The Balaban J connectivity index is 2.29. The zero-order valence-electron chi connectivity index (χ0n) is 22.4. The first-order chi connectivity index (χ1) is 18.9. The van der Waals surface area contributed by atoms with Crippen molar-refractivity contribution in [2.24, 2.45) is 11.7 Å². The summed E-state index contributed by atoms with van der Waals surface area (Å²) in [6.07, 6.45) is -0.799. The van der Waals surface area contributed by atoms with Gasteiger partial charge in [-0.05, 0) is 35.6 Å². The Morgan fingerprint density at radius 1 is 0.725 bits per heavy atom. The summed E-state index contributed by atoms with van der Waals surface area (Å²) in [5.41, 5.74) is 7.09. The van der Waals surface area contributed by atoms with Crippen molar-refractivity contribution in [2.45, 2.75) is 63.7 Å². The summed E-state index contributed by atoms with van der Waals surface area (Å²) in [7, 11) is 0. The van der Waals surface area contributed by atoms with Crippen molar-refractivity contribution in [3.63, 3.8) is 0 Å². The van der Waals surface area contributed by atoms with E-state index >= 15 is 0 Å². The Kier molecular flexibility index (Phi) is 12.1. The molecule has 216 valence electrons. The zero-order chi connectivity index (χ0) is 29.8. The van der Waals surface area contributed by atoms with E-state index < -0.39 is 60.2 Å². The Morgan fingerprint density at radius 2 is 1.23 bits per heavy atom. The van der Waals surface area contributed by atoms with E-state index in [1.807, 2.05) is 0 Å². The molecule has 12 heteroatoms. The third kappa shape index (κ3) is 10.4. The Bertz CT molecular complexity index is 1170. The zero-order valence-corrected chi connectivity index (χ0v) is 22.4. The summed E-state index contributed by atoms with van der Waals surface area (Å²) in [4.78, 5) is 62.2. The van der Waals surface area contributed by atoms with Gasteiger partial charge < -0.3 is 37.0 Å². The number of phenols is 1. The largest absolute Gasteiger partial charge is 0.508 e. The lowest BCUT2D eigenvalue weighted by molar-refractivity contribution is -0.142. The van der Waals surface area contributed by atoms with Gasteiger partial charge in [-0.25, -0.2) is 4.79 Å². The standard InChI is InChI=1S/C28H36N4O8/c1-16(2)24(29)27(38)30-20(12-13-23(34)35)25(36)31-21(14-18-8-10-19(33)11-9-18)26(37)32-22(28(39)40)15-17-6-4-3-5-7-17/h3-11,16,20-22,24,33H,12-15,29H2,1-2H3,(H,30,38)(H,31,36)(H,32,37)(H,34,35)(H,39,40)/t20-,21-,22-,24-/m0/s1. The Hall–Kier alpha value is -4.45. The van der Waals surface area contributed by atoms with E-state index in [1.54, 1.807) is 44.2 Å². The van der Waals surface area contributed by atoms with Gasteiger partial charge in [0.1, 0.15) is 23.9 Å². The maximum atomic E-state index is 13.3. The van der Waals surface area contributed by atoms with Crippen molar-refractivity contribution in [2.75, 3.05) is 0 Å². The molecule has 0 unspecified atom stereocenters. The number of hydrogen-bond donors (Lipinski definition) is 7. The molecule has 0 aliphatic heterocycles. The van der Waals surface area contributed by atoms with Crippen LogP contribution in [0.25, 0.3) is 0 Å². The average molecular weight is 557 g/mol. The highest BCUT2D eigenvalue weighted by atomic mass is 16.4. The molecule has 0 bridgehead atoms. The fraction of sp³-hybridized carbons (Fsp3) is 0.393. The number of aromatic hydroxyl groups is 1. The Morgan fingerprint density at radius 3 is 1.77 bits per heavy atom. The van der Waals surface area contributed by atoms with Crippen LogP contribution in [0.2, 0.25) is 0 Å². The molecule has 8 N–H and O–H groups in total. The van der Waals surface area contributed by atoms with E-state index in [-0.39, 0.29) is 30.9 Å². The first-order valence-electron chi connectivity index (χ1n) is 12.8. The Labute approximate surface area is 232 Å². The number of rotatable bonds is 15. The van der Waals surface area contributed by atoms with Crippen LogP contribution in [0.15, 0.2) is 54.6 Å². The third-order valence-electron chi connectivity index (χ3n) is 6.21. The molecule has 2 aromatic rings. The summed E-state index contributed by atoms with van der Waals surface area (Å²) in [5.74, 6) is -5.03. The van der Waals surface area contributed by atoms with Crippen LogP contribution >= 0.6 is 0 Å². The molecule has 0 aliphatic carbocycles. The van der Waals surface area contributed by atoms with Gasteiger partial charge in [-0.1, -0.05) is 56.3 Å². The van der Waals surface area contributed by atoms with Crippen LogP contribution in [-0.4, -0.2) is 69.1 Å². The third-order valence-corrected chi connectivity index (χ3v) is 6.21. The molecule has 12 nitrogen and oxygen atoms in total. The number of nitrogens with two attached hydrogens (primary N) is 1. The quantitative estimate of drug-likeness (QED) is 0.163. The lowest BCUT2D eigenvalue weighted by Gasteiger charge is -2.26. The van der Waals surface area contributed by atoms with Gasteiger partial charge >= 0.3 is 11.9 Å². The van der Waals surface area contributed by atoms with Crippen LogP contribution in [0.4, 0.5) is 0 Å². The second kappa shape index (κ2) is 15.2. The smallest absolute Gasteiger partial charge is 0.326 e. The van der Waals surface area contributed by atoms with Gasteiger partial charge in [0.2, 0.25) is 17.7 Å². The summed E-state index contributed by atoms with van der Waals surface area (Å²) < 4.78 is 0. The molecule has 0 saturated heterocycles. The van der Waals surface area contributed by atoms with Gasteiger partial charge in [0.25, 0.3) is 0 Å². The molecule has 2 aromatic carbocycles. The van der Waals surface area contributed by atoms with Crippen molar-refractivity contribution in [3.05, 3.63) is 65.7 Å². The molecule has 40 heavy (non-hydrogen) atoms. The second-order valence-corrected chi connectivity index (χ2v) is 9.78. The maximum absolute atomic E-state index is 13.3. The van der Waals surface area contributed by atoms with Crippen LogP contribution in [0.3, 0.4) is 0 Å². The molecule has 3 amide bonds. The fourth-order valence-electron chi connectivity index (χ4n) is 3.78. The number of aliphatic carboxylic acids is 2. The molecule has 0 heterocycles. The predicted molar refractivity (Wildman–Crippen MR) is 145 cm³/mol. The van der Waals surface area contributed by atoms with Crippen LogP contribution in [0, 0.1) is 5.92 Å². The van der Waals surface area contributed by atoms with E-state index in [9.17, 15) is 34.2 Å². The number of benzene rings is 2. The van der Waals surface area contributed by atoms with Crippen molar-refractivity contribution >= 4 is 29.7 Å². The van der Waals surface area contributed by atoms with Gasteiger partial charge in [-0.2, -0.15) is 0 Å². The van der Waals surface area contributed by atoms with E-state index in [2.05, 4.69) is 16.0 Å². The number of carboxylic acids is 2. The first kappa shape index (κ1) is 31.8. The number of phenolic OH excluding ortho intramolecular Hbond substituents is 1. The van der Waals surface area contributed by atoms with Crippen molar-refractivity contribution in [1.29, 1.82) is 0 Å². The molecular weight excluding hydrogens is 520 g/mol. The van der Waals surface area contributed by atoms with E-state index in [0.717, 1.165) is 0 Å². The SMILES string of the molecule is CC(C)[C@H](N)C(=O)N[C@@H](CCC(=O)O)C(=O)N[C@@H](Cc1ccc(O)cc1)C(=O)N[C@@H](Cc1ccccc1)C(=O)O. The second-order valence-electron chi connectivity index (χ2n) is 9.78. The highest BCUT2D eigenvalue weighted by Crippen LogP contribution is 2.13.